The molecular formula is C24H23Cl2FN6O. The minimum atomic E-state index is -0.408. The molecule has 3 aromatic heterocycles. The second kappa shape index (κ2) is 8.69. The van der Waals surface area contributed by atoms with Crippen LogP contribution in [-0.4, -0.2) is 45.8 Å². The first-order chi connectivity index (χ1) is 16.3. The lowest BCUT2D eigenvalue weighted by atomic mass is 9.92. The van der Waals surface area contributed by atoms with E-state index in [4.69, 9.17) is 27.9 Å². The molecule has 0 spiro atoms. The van der Waals surface area contributed by atoms with E-state index in [1.54, 1.807) is 6.20 Å². The van der Waals surface area contributed by atoms with Crippen molar-refractivity contribution in [1.82, 2.24) is 25.5 Å². The zero-order valence-corrected chi connectivity index (χ0v) is 20.4. The van der Waals surface area contributed by atoms with Crippen molar-refractivity contribution in [2.24, 2.45) is 0 Å². The van der Waals surface area contributed by atoms with Crippen LogP contribution in [0.15, 0.2) is 42.9 Å². The Bertz CT molecular complexity index is 1350. The number of H-pyrrole nitrogens is 1. The van der Waals surface area contributed by atoms with Crippen LogP contribution in [0.2, 0.25) is 10.0 Å². The molecule has 1 aromatic carbocycles. The van der Waals surface area contributed by atoms with E-state index < -0.39 is 6.10 Å². The van der Waals surface area contributed by atoms with Gasteiger partial charge < -0.3 is 15.0 Å². The predicted octanol–water partition coefficient (Wildman–Crippen LogP) is 5.40. The van der Waals surface area contributed by atoms with Crippen molar-refractivity contribution in [3.63, 3.8) is 0 Å². The number of nitrogens with one attached hydrogen (secondary N) is 2. The minimum absolute atomic E-state index is 0.0244. The van der Waals surface area contributed by atoms with Crippen LogP contribution in [-0.2, 0) is 0 Å². The van der Waals surface area contributed by atoms with E-state index in [9.17, 15) is 4.39 Å². The Morgan fingerprint density at radius 2 is 1.91 bits per heavy atom. The lowest BCUT2D eigenvalue weighted by Crippen LogP contribution is -2.67. The number of nitrogens with zero attached hydrogens (tertiary/aromatic N) is 4. The van der Waals surface area contributed by atoms with Gasteiger partial charge in [-0.25, -0.2) is 9.37 Å². The molecule has 1 saturated heterocycles. The van der Waals surface area contributed by atoms with Gasteiger partial charge in [0.25, 0.3) is 0 Å². The number of fused-ring (bicyclic) bond motifs is 1. The van der Waals surface area contributed by atoms with E-state index in [-0.39, 0.29) is 11.4 Å². The Balaban J connectivity index is 1.42. The van der Waals surface area contributed by atoms with Crippen LogP contribution in [0.3, 0.4) is 0 Å². The Kier molecular flexibility index (Phi) is 5.83. The SMILES string of the molecule is CNC1(C)CN(c2ncc(-c3n[nH]c4ccc(O[C@@H](C)c5c(Cl)cncc5Cl)cc34)cc2F)C1. The maximum atomic E-state index is 15.0. The van der Waals surface area contributed by atoms with E-state index in [0.717, 1.165) is 10.9 Å². The first-order valence-corrected chi connectivity index (χ1v) is 11.6. The van der Waals surface area contributed by atoms with Crippen LogP contribution in [0.5, 0.6) is 5.75 Å². The van der Waals surface area contributed by atoms with Crippen molar-refractivity contribution in [3.8, 4) is 17.0 Å². The van der Waals surface area contributed by atoms with Gasteiger partial charge in [-0.3, -0.25) is 10.1 Å². The maximum absolute atomic E-state index is 15.0. The summed E-state index contributed by atoms with van der Waals surface area (Å²) in [6, 6.07) is 7.02. The van der Waals surface area contributed by atoms with Gasteiger partial charge in [0.05, 0.1) is 21.1 Å². The van der Waals surface area contributed by atoms with Gasteiger partial charge in [0.2, 0.25) is 0 Å². The molecule has 0 amide bonds. The van der Waals surface area contributed by atoms with Gasteiger partial charge in [0.15, 0.2) is 11.6 Å². The van der Waals surface area contributed by atoms with Gasteiger partial charge in [0, 0.05) is 48.2 Å². The molecule has 7 nitrogen and oxygen atoms in total. The first kappa shape index (κ1) is 22.8. The van der Waals surface area contributed by atoms with Crippen molar-refractivity contribution in [1.29, 1.82) is 0 Å². The average Bonchev–Trinajstić information content (AvgIpc) is 3.20. The zero-order chi connectivity index (χ0) is 24.0. The van der Waals surface area contributed by atoms with Crippen LogP contribution < -0.4 is 15.0 Å². The van der Waals surface area contributed by atoms with E-state index in [1.165, 1.54) is 18.5 Å². The largest absolute Gasteiger partial charge is 0.486 e. The second-order valence-corrected chi connectivity index (χ2v) is 9.57. The summed E-state index contributed by atoms with van der Waals surface area (Å²) in [6.45, 7) is 5.36. The fourth-order valence-electron chi connectivity index (χ4n) is 4.26. The fraction of sp³-hybridized carbons (Fsp3) is 0.292. The van der Waals surface area contributed by atoms with E-state index in [1.807, 2.05) is 37.1 Å². The number of hydrogen-bond donors (Lipinski definition) is 2. The topological polar surface area (TPSA) is 79.0 Å². The minimum Gasteiger partial charge on any atom is -0.486 e. The summed E-state index contributed by atoms with van der Waals surface area (Å²) in [5.74, 6) is 0.568. The molecule has 2 N–H and O–H groups in total. The number of halogens is 3. The van der Waals surface area contributed by atoms with Gasteiger partial charge in [-0.05, 0) is 45.2 Å². The Morgan fingerprint density at radius 1 is 1.18 bits per heavy atom. The van der Waals surface area contributed by atoms with E-state index in [2.05, 4.69) is 32.4 Å². The number of likely N-dealkylation sites (N-methyl/N-ethyl adjacent to an activating group) is 1. The summed E-state index contributed by atoms with van der Waals surface area (Å²) < 4.78 is 21.1. The summed E-state index contributed by atoms with van der Waals surface area (Å²) >= 11 is 12.5. The highest BCUT2D eigenvalue weighted by Gasteiger charge is 2.39. The molecule has 1 aliphatic heterocycles. The van der Waals surface area contributed by atoms with Crippen molar-refractivity contribution in [2.45, 2.75) is 25.5 Å². The Hall–Kier alpha value is -2.94. The monoisotopic (exact) mass is 500 g/mol. The van der Waals surface area contributed by atoms with Crippen molar-refractivity contribution >= 4 is 39.9 Å². The van der Waals surface area contributed by atoms with Gasteiger partial charge in [-0.15, -0.1) is 0 Å². The van der Waals surface area contributed by atoms with Crippen LogP contribution in [0.4, 0.5) is 10.2 Å². The molecule has 1 fully saturated rings. The molecule has 0 bridgehead atoms. The van der Waals surface area contributed by atoms with Crippen LogP contribution in [0.25, 0.3) is 22.2 Å². The lowest BCUT2D eigenvalue weighted by Gasteiger charge is -2.48. The number of rotatable bonds is 6. The molecule has 34 heavy (non-hydrogen) atoms. The maximum Gasteiger partial charge on any atom is 0.166 e. The first-order valence-electron chi connectivity index (χ1n) is 10.8. The summed E-state index contributed by atoms with van der Waals surface area (Å²) in [5, 5.41) is 12.3. The second-order valence-electron chi connectivity index (χ2n) is 8.75. The smallest absolute Gasteiger partial charge is 0.166 e. The van der Waals surface area contributed by atoms with Gasteiger partial charge in [0.1, 0.15) is 17.5 Å². The van der Waals surface area contributed by atoms with Gasteiger partial charge >= 0.3 is 0 Å². The van der Waals surface area contributed by atoms with Crippen molar-refractivity contribution in [3.05, 3.63) is 64.3 Å². The summed E-state index contributed by atoms with van der Waals surface area (Å²) in [5.41, 5.74) is 2.60. The van der Waals surface area contributed by atoms with E-state index >= 15 is 0 Å². The molecule has 1 atom stereocenters. The molecule has 0 aliphatic carbocycles. The fourth-order valence-corrected chi connectivity index (χ4v) is 4.93. The lowest BCUT2D eigenvalue weighted by molar-refractivity contribution is 0.227. The highest BCUT2D eigenvalue weighted by Crippen LogP contribution is 2.36. The third-order valence-corrected chi connectivity index (χ3v) is 6.82. The van der Waals surface area contributed by atoms with Crippen LogP contribution in [0.1, 0.15) is 25.5 Å². The van der Waals surface area contributed by atoms with Crippen LogP contribution in [0, 0.1) is 5.82 Å². The normalized spacial score (nSPS) is 15.9. The molecule has 0 radical (unpaired) electrons. The number of aromatic nitrogens is 4. The van der Waals surface area contributed by atoms with Gasteiger partial charge in [-0.1, -0.05) is 23.2 Å². The molecule has 5 rings (SSSR count). The predicted molar refractivity (Wildman–Crippen MR) is 132 cm³/mol. The number of benzene rings is 1. The number of anilines is 1. The zero-order valence-electron chi connectivity index (χ0n) is 18.9. The van der Waals surface area contributed by atoms with Crippen LogP contribution >= 0.6 is 23.2 Å². The van der Waals surface area contributed by atoms with Gasteiger partial charge in [-0.2, -0.15) is 5.10 Å². The quantitative estimate of drug-likeness (QED) is 0.368. The number of ether oxygens (including phenoxy) is 1. The van der Waals surface area contributed by atoms with Crippen molar-refractivity contribution in [2.75, 3.05) is 25.0 Å². The number of pyridine rings is 2. The molecule has 4 aromatic rings. The number of aromatic amines is 1. The molecule has 0 saturated carbocycles. The van der Waals surface area contributed by atoms with Crippen molar-refractivity contribution < 1.29 is 9.13 Å². The molecule has 1 aliphatic rings. The standard InChI is InChI=1S/C24H23Cl2FN6O/c1-13(21-17(25)9-29-10-18(21)26)34-15-4-5-20-16(7-15)22(32-31-20)14-6-19(27)23(30-8-14)33-11-24(2,12-33)28-3/h4-10,13,28H,11-12H2,1-3H3,(H,31,32)/t13-/m0/s1. The Labute approximate surface area is 206 Å². The molecule has 0 unspecified atom stereocenters. The highest BCUT2D eigenvalue weighted by atomic mass is 35.5. The third kappa shape index (κ3) is 4.06. The molecular weight excluding hydrogens is 478 g/mol. The average molecular weight is 501 g/mol. The van der Waals surface area contributed by atoms with E-state index in [0.29, 0.717) is 51.5 Å². The molecule has 4 heterocycles. The molecule has 10 heteroatoms. The molecule has 176 valence electrons. The third-order valence-electron chi connectivity index (χ3n) is 6.22. The summed E-state index contributed by atoms with van der Waals surface area (Å²) in [7, 11) is 1.91. The summed E-state index contributed by atoms with van der Waals surface area (Å²) in [4.78, 5) is 10.3. The highest BCUT2D eigenvalue weighted by molar-refractivity contribution is 6.35. The Morgan fingerprint density at radius 3 is 2.59 bits per heavy atom. The number of hydrogen-bond acceptors (Lipinski definition) is 6. The summed E-state index contributed by atoms with van der Waals surface area (Å²) in [6.07, 6.45) is 4.30.